The molecule has 0 spiro atoms. The van der Waals surface area contributed by atoms with Crippen molar-refractivity contribution >= 4 is 17.5 Å². The van der Waals surface area contributed by atoms with E-state index in [2.05, 4.69) is 12.1 Å². The first-order valence-electron chi connectivity index (χ1n) is 9.47. The molecule has 0 atom stereocenters. The van der Waals surface area contributed by atoms with Crippen LogP contribution < -0.4 is 4.74 Å². The van der Waals surface area contributed by atoms with Gasteiger partial charge < -0.3 is 9.64 Å². The number of nitrogens with zero attached hydrogens (tertiary/aromatic N) is 1. The normalized spacial score (nSPS) is 16.8. The summed E-state index contributed by atoms with van der Waals surface area (Å²) in [6, 6.07) is 15.7. The molecule has 0 unspecified atom stereocenters. The monoisotopic (exact) mass is 369 g/mol. The summed E-state index contributed by atoms with van der Waals surface area (Å²) in [5.74, 6) is 1.70. The number of hydrogen-bond donors (Lipinski definition) is 0. The van der Waals surface area contributed by atoms with Crippen LogP contribution in [0.15, 0.2) is 48.5 Å². The maximum absolute atomic E-state index is 12.9. The number of benzene rings is 2. The van der Waals surface area contributed by atoms with Gasteiger partial charge in [-0.2, -0.15) is 0 Å². The van der Waals surface area contributed by atoms with Gasteiger partial charge in [0.05, 0.1) is 6.61 Å². The summed E-state index contributed by atoms with van der Waals surface area (Å²) in [5.41, 5.74) is 1.79. The standard InChI is InChI=1S/C22H24ClNO2/c23-19-6-2-5-18(13-19)22(25)24(20-9-10-20)14-16-7-11-21(12-8-16)26-15-17-3-1-4-17/h2,5-8,11-13,17,20H,1,3-4,9-10,14-15H2. The van der Waals surface area contributed by atoms with E-state index in [0.29, 0.717) is 23.2 Å². The first kappa shape index (κ1) is 17.4. The van der Waals surface area contributed by atoms with E-state index < -0.39 is 0 Å². The Kier molecular flexibility index (Phi) is 5.16. The smallest absolute Gasteiger partial charge is 0.254 e. The van der Waals surface area contributed by atoms with E-state index in [1.165, 1.54) is 19.3 Å². The maximum atomic E-state index is 12.9. The summed E-state index contributed by atoms with van der Waals surface area (Å²) in [4.78, 5) is 14.9. The second-order valence-electron chi connectivity index (χ2n) is 7.43. The van der Waals surface area contributed by atoms with Crippen molar-refractivity contribution in [3.63, 3.8) is 0 Å². The number of rotatable bonds is 7. The highest BCUT2D eigenvalue weighted by atomic mass is 35.5. The number of halogens is 1. The minimum atomic E-state index is 0.0558. The molecule has 2 aliphatic rings. The van der Waals surface area contributed by atoms with E-state index in [9.17, 15) is 4.79 Å². The molecular weight excluding hydrogens is 346 g/mol. The van der Waals surface area contributed by atoms with Gasteiger partial charge in [0.2, 0.25) is 0 Å². The van der Waals surface area contributed by atoms with Crippen molar-refractivity contribution in [3.8, 4) is 5.75 Å². The predicted molar refractivity (Wildman–Crippen MR) is 104 cm³/mol. The Morgan fingerprint density at radius 2 is 1.85 bits per heavy atom. The fourth-order valence-corrected chi connectivity index (χ4v) is 3.49. The Labute approximate surface area is 159 Å². The van der Waals surface area contributed by atoms with Crippen LogP contribution in [0, 0.1) is 5.92 Å². The number of ether oxygens (including phenoxy) is 1. The van der Waals surface area contributed by atoms with Gasteiger partial charge >= 0.3 is 0 Å². The van der Waals surface area contributed by atoms with Crippen LogP contribution in [0.4, 0.5) is 0 Å². The highest BCUT2D eigenvalue weighted by Gasteiger charge is 2.33. The molecule has 136 valence electrons. The fourth-order valence-electron chi connectivity index (χ4n) is 3.30. The lowest BCUT2D eigenvalue weighted by Gasteiger charge is -2.25. The molecule has 2 aliphatic carbocycles. The minimum absolute atomic E-state index is 0.0558. The summed E-state index contributed by atoms with van der Waals surface area (Å²) in [7, 11) is 0. The lowest BCUT2D eigenvalue weighted by atomic mass is 9.86. The van der Waals surface area contributed by atoms with Crippen LogP contribution in [0.1, 0.15) is 48.0 Å². The van der Waals surface area contributed by atoms with Crippen LogP contribution in [-0.2, 0) is 6.54 Å². The van der Waals surface area contributed by atoms with Crippen molar-refractivity contribution in [2.45, 2.75) is 44.7 Å². The van der Waals surface area contributed by atoms with Gasteiger partial charge in [-0.25, -0.2) is 0 Å². The number of carbonyl (C=O) groups is 1. The van der Waals surface area contributed by atoms with Crippen LogP contribution in [0.5, 0.6) is 5.75 Å². The highest BCUT2D eigenvalue weighted by Crippen LogP contribution is 2.31. The van der Waals surface area contributed by atoms with Crippen molar-refractivity contribution < 1.29 is 9.53 Å². The topological polar surface area (TPSA) is 29.5 Å². The molecule has 4 heteroatoms. The van der Waals surface area contributed by atoms with Gasteiger partial charge in [-0.05, 0) is 67.5 Å². The number of hydrogen-bond acceptors (Lipinski definition) is 2. The summed E-state index contributed by atoms with van der Waals surface area (Å²) in [6.07, 6.45) is 6.08. The van der Waals surface area contributed by atoms with Gasteiger partial charge in [-0.1, -0.05) is 36.2 Å². The van der Waals surface area contributed by atoms with Crippen molar-refractivity contribution in [2.24, 2.45) is 5.92 Å². The van der Waals surface area contributed by atoms with Gasteiger partial charge in [-0.15, -0.1) is 0 Å². The van der Waals surface area contributed by atoms with Gasteiger partial charge in [0.1, 0.15) is 5.75 Å². The second kappa shape index (κ2) is 7.71. The Morgan fingerprint density at radius 1 is 1.08 bits per heavy atom. The molecule has 0 bridgehead atoms. The zero-order chi connectivity index (χ0) is 17.9. The van der Waals surface area contributed by atoms with Crippen molar-refractivity contribution in [1.29, 1.82) is 0 Å². The maximum Gasteiger partial charge on any atom is 0.254 e. The van der Waals surface area contributed by atoms with Crippen LogP contribution in [0.3, 0.4) is 0 Å². The molecule has 2 fully saturated rings. The molecule has 0 N–H and O–H groups in total. The van der Waals surface area contributed by atoms with Gasteiger partial charge in [0.15, 0.2) is 0 Å². The first-order chi connectivity index (χ1) is 12.7. The van der Waals surface area contributed by atoms with Gasteiger partial charge in [0, 0.05) is 23.2 Å². The lowest BCUT2D eigenvalue weighted by Crippen LogP contribution is -2.32. The summed E-state index contributed by atoms with van der Waals surface area (Å²) >= 11 is 6.05. The average molecular weight is 370 g/mol. The first-order valence-corrected chi connectivity index (χ1v) is 9.85. The van der Waals surface area contributed by atoms with E-state index in [-0.39, 0.29) is 5.91 Å². The predicted octanol–water partition coefficient (Wildman–Crippen LogP) is 5.32. The quantitative estimate of drug-likeness (QED) is 0.660. The van der Waals surface area contributed by atoms with Crippen LogP contribution in [-0.4, -0.2) is 23.5 Å². The largest absolute Gasteiger partial charge is 0.493 e. The molecule has 0 aliphatic heterocycles. The Balaban J connectivity index is 1.40. The minimum Gasteiger partial charge on any atom is -0.493 e. The molecule has 26 heavy (non-hydrogen) atoms. The molecular formula is C22H24ClNO2. The molecule has 2 saturated carbocycles. The van der Waals surface area contributed by atoms with Crippen LogP contribution in [0.2, 0.25) is 5.02 Å². The number of amides is 1. The Bertz CT molecular complexity index is 766. The molecule has 2 aromatic rings. The molecule has 0 heterocycles. The third-order valence-corrected chi connectivity index (χ3v) is 5.54. The average Bonchev–Trinajstić information content (AvgIpc) is 3.44. The number of carbonyl (C=O) groups excluding carboxylic acids is 1. The third kappa shape index (κ3) is 4.21. The van der Waals surface area contributed by atoms with E-state index in [4.69, 9.17) is 16.3 Å². The molecule has 3 nitrogen and oxygen atoms in total. The fraction of sp³-hybridized carbons (Fsp3) is 0.409. The Morgan fingerprint density at radius 3 is 2.46 bits per heavy atom. The highest BCUT2D eigenvalue weighted by molar-refractivity contribution is 6.30. The van der Waals surface area contributed by atoms with E-state index in [1.807, 2.05) is 29.2 Å². The van der Waals surface area contributed by atoms with Crippen molar-refractivity contribution in [3.05, 3.63) is 64.7 Å². The summed E-state index contributed by atoms with van der Waals surface area (Å²) in [5, 5.41) is 0.597. The SMILES string of the molecule is O=C(c1cccc(Cl)c1)N(Cc1ccc(OCC2CCC2)cc1)C1CC1. The van der Waals surface area contributed by atoms with E-state index in [0.717, 1.165) is 36.7 Å². The van der Waals surface area contributed by atoms with Gasteiger partial charge in [-0.3, -0.25) is 4.79 Å². The van der Waals surface area contributed by atoms with Gasteiger partial charge in [0.25, 0.3) is 5.91 Å². The lowest BCUT2D eigenvalue weighted by molar-refractivity contribution is 0.0730. The van der Waals surface area contributed by atoms with Crippen LogP contribution in [0.25, 0.3) is 0 Å². The molecule has 0 radical (unpaired) electrons. The zero-order valence-electron chi connectivity index (χ0n) is 14.9. The molecule has 1 amide bonds. The molecule has 0 aromatic heterocycles. The molecule has 2 aromatic carbocycles. The second-order valence-corrected chi connectivity index (χ2v) is 7.86. The third-order valence-electron chi connectivity index (χ3n) is 5.31. The van der Waals surface area contributed by atoms with E-state index >= 15 is 0 Å². The molecule has 0 saturated heterocycles. The summed E-state index contributed by atoms with van der Waals surface area (Å²) < 4.78 is 5.86. The van der Waals surface area contributed by atoms with E-state index in [1.54, 1.807) is 12.1 Å². The van der Waals surface area contributed by atoms with Crippen molar-refractivity contribution in [1.82, 2.24) is 4.90 Å². The van der Waals surface area contributed by atoms with Crippen molar-refractivity contribution in [2.75, 3.05) is 6.61 Å². The molecule has 4 rings (SSSR count). The summed E-state index contributed by atoms with van der Waals surface area (Å²) in [6.45, 7) is 1.44. The Hall–Kier alpha value is -2.00. The zero-order valence-corrected chi connectivity index (χ0v) is 15.6. The van der Waals surface area contributed by atoms with Crippen LogP contribution >= 0.6 is 11.6 Å².